The van der Waals surface area contributed by atoms with E-state index in [1.54, 1.807) is 18.2 Å². The summed E-state index contributed by atoms with van der Waals surface area (Å²) < 4.78 is 5.27. The molecule has 8 heteroatoms. The first kappa shape index (κ1) is 28.2. The summed E-state index contributed by atoms with van der Waals surface area (Å²) in [6.45, 7) is 1.00. The van der Waals surface area contributed by atoms with Gasteiger partial charge in [-0.25, -0.2) is 9.59 Å². The van der Waals surface area contributed by atoms with Crippen molar-refractivity contribution in [3.05, 3.63) is 143 Å². The molecule has 1 atom stereocenters. The molecule has 1 saturated heterocycles. The first-order valence-corrected chi connectivity index (χ1v) is 13.6. The predicted octanol–water partition coefficient (Wildman–Crippen LogP) is 5.48. The molecule has 3 N–H and O–H groups in total. The molecular weight excluding hydrogens is 530 g/mol. The fourth-order valence-corrected chi connectivity index (χ4v) is 5.22. The second kappa shape index (κ2) is 12.9. The molecule has 4 aromatic rings. The summed E-state index contributed by atoms with van der Waals surface area (Å²) >= 11 is 0. The average molecular weight is 562 g/mol. The number of hydrogen-bond donors (Lipinski definition) is 2. The predicted molar refractivity (Wildman–Crippen MR) is 160 cm³/mol. The number of benzene rings is 4. The molecule has 0 aromatic heterocycles. The van der Waals surface area contributed by atoms with Gasteiger partial charge in [-0.05, 0) is 40.8 Å². The lowest BCUT2D eigenvalue weighted by molar-refractivity contribution is -0.134. The number of nitrogens with zero attached hydrogens (tertiary/aromatic N) is 2. The summed E-state index contributed by atoms with van der Waals surface area (Å²) in [4.78, 5) is 41.6. The summed E-state index contributed by atoms with van der Waals surface area (Å²) in [5, 5.41) is 10.2. The molecule has 0 saturated carbocycles. The van der Waals surface area contributed by atoms with Crippen LogP contribution in [-0.4, -0.2) is 40.6 Å². The monoisotopic (exact) mass is 561 g/mol. The van der Waals surface area contributed by atoms with Crippen LogP contribution >= 0.6 is 0 Å². The molecule has 0 aliphatic carbocycles. The molecule has 1 heterocycles. The quantitative estimate of drug-likeness (QED) is 0.235. The number of carbonyl (C=O) groups is 3. The van der Waals surface area contributed by atoms with Gasteiger partial charge in [-0.3, -0.25) is 9.69 Å². The molecule has 2 amide bonds. The van der Waals surface area contributed by atoms with Gasteiger partial charge in [0.1, 0.15) is 12.3 Å². The van der Waals surface area contributed by atoms with Crippen LogP contribution in [0.2, 0.25) is 0 Å². The zero-order valence-electron chi connectivity index (χ0n) is 22.9. The Labute approximate surface area is 244 Å². The average Bonchev–Trinajstić information content (AvgIpc) is 3.35. The minimum absolute atomic E-state index is 0.0446. The minimum atomic E-state index is -1.32. The van der Waals surface area contributed by atoms with E-state index in [2.05, 4.69) is 0 Å². The fourth-order valence-electron chi connectivity index (χ4n) is 5.22. The van der Waals surface area contributed by atoms with E-state index in [4.69, 9.17) is 10.5 Å². The Hall–Kier alpha value is -5.37. The number of aliphatic carboxylic acids is 1. The normalized spacial score (nSPS) is 14.9. The van der Waals surface area contributed by atoms with Gasteiger partial charge < -0.3 is 20.5 Å². The molecule has 42 heavy (non-hydrogen) atoms. The third kappa shape index (κ3) is 6.50. The van der Waals surface area contributed by atoms with Gasteiger partial charge in [0.05, 0.1) is 17.3 Å². The van der Waals surface area contributed by atoms with Gasteiger partial charge in [-0.1, -0.05) is 103 Å². The molecule has 212 valence electrons. The van der Waals surface area contributed by atoms with Gasteiger partial charge >= 0.3 is 12.1 Å². The van der Waals surface area contributed by atoms with E-state index >= 15 is 0 Å². The van der Waals surface area contributed by atoms with E-state index in [-0.39, 0.29) is 17.9 Å². The third-order valence-electron chi connectivity index (χ3n) is 7.14. The van der Waals surface area contributed by atoms with Gasteiger partial charge in [0.25, 0.3) is 5.91 Å². The van der Waals surface area contributed by atoms with Crippen molar-refractivity contribution < 1.29 is 24.2 Å². The van der Waals surface area contributed by atoms with E-state index in [0.717, 1.165) is 21.6 Å². The molecule has 4 aromatic carbocycles. The maximum absolute atomic E-state index is 13.0. The van der Waals surface area contributed by atoms with Crippen LogP contribution < -0.4 is 10.6 Å². The number of hydrogen-bond acceptors (Lipinski definition) is 5. The SMILES string of the molecule is NC(=O)c1c(C=C(C(=O)O)N2C(=O)OC[C@@H]2Cc2ccccc2)cccc1N(Cc1ccccc1)Cc1ccccc1. The maximum Gasteiger partial charge on any atom is 0.414 e. The molecule has 0 bridgehead atoms. The summed E-state index contributed by atoms with van der Waals surface area (Å²) in [7, 11) is 0. The van der Waals surface area contributed by atoms with Crippen LogP contribution in [0.4, 0.5) is 10.5 Å². The third-order valence-corrected chi connectivity index (χ3v) is 7.14. The lowest BCUT2D eigenvalue weighted by Gasteiger charge is -2.28. The first-order valence-electron chi connectivity index (χ1n) is 13.6. The van der Waals surface area contributed by atoms with Crippen LogP contribution in [0.3, 0.4) is 0 Å². The summed E-state index contributed by atoms with van der Waals surface area (Å²) in [5.41, 5.74) is 9.66. The van der Waals surface area contributed by atoms with Crippen molar-refractivity contribution in [3.63, 3.8) is 0 Å². The number of rotatable bonds is 11. The highest BCUT2D eigenvalue weighted by molar-refractivity contribution is 6.04. The van der Waals surface area contributed by atoms with E-state index in [1.165, 1.54) is 6.08 Å². The van der Waals surface area contributed by atoms with E-state index < -0.39 is 24.0 Å². The highest BCUT2D eigenvalue weighted by Gasteiger charge is 2.38. The van der Waals surface area contributed by atoms with Crippen LogP contribution in [0.1, 0.15) is 32.6 Å². The maximum atomic E-state index is 13.0. The van der Waals surface area contributed by atoms with Crippen LogP contribution in [0.5, 0.6) is 0 Å². The van der Waals surface area contributed by atoms with Gasteiger partial charge in [0.2, 0.25) is 0 Å². The Morgan fingerprint density at radius 2 is 1.38 bits per heavy atom. The van der Waals surface area contributed by atoms with Crippen molar-refractivity contribution in [2.24, 2.45) is 5.73 Å². The second-order valence-corrected chi connectivity index (χ2v) is 10.1. The van der Waals surface area contributed by atoms with Crippen LogP contribution in [0.15, 0.2) is 115 Å². The topological polar surface area (TPSA) is 113 Å². The summed E-state index contributed by atoms with van der Waals surface area (Å²) in [6.07, 6.45) is 0.984. The van der Waals surface area contributed by atoms with Gasteiger partial charge in [0.15, 0.2) is 0 Å². The minimum Gasteiger partial charge on any atom is -0.477 e. The molecule has 0 radical (unpaired) electrons. The van der Waals surface area contributed by atoms with Gasteiger partial charge in [-0.15, -0.1) is 0 Å². The zero-order chi connectivity index (χ0) is 29.5. The molecule has 5 rings (SSSR count). The number of anilines is 1. The number of ether oxygens (including phenoxy) is 1. The van der Waals surface area contributed by atoms with Crippen LogP contribution in [0, 0.1) is 0 Å². The molecular formula is C34H31N3O5. The van der Waals surface area contributed by atoms with Gasteiger partial charge in [0, 0.05) is 13.1 Å². The Bertz CT molecular complexity index is 1550. The highest BCUT2D eigenvalue weighted by Crippen LogP contribution is 2.31. The largest absolute Gasteiger partial charge is 0.477 e. The van der Waals surface area contributed by atoms with E-state index in [9.17, 15) is 19.5 Å². The number of carboxylic acid groups (broad SMARTS) is 1. The number of carbonyl (C=O) groups excluding carboxylic acids is 2. The molecule has 0 unspecified atom stereocenters. The summed E-state index contributed by atoms with van der Waals surface area (Å²) in [6, 6.07) is 33.8. The van der Waals surface area contributed by atoms with Crippen LogP contribution in [-0.2, 0) is 29.0 Å². The molecule has 1 aliphatic rings. The Morgan fingerprint density at radius 3 is 1.90 bits per heavy atom. The van der Waals surface area contributed by atoms with Crippen molar-refractivity contribution in [1.29, 1.82) is 0 Å². The van der Waals surface area contributed by atoms with Crippen molar-refractivity contribution in [2.75, 3.05) is 11.5 Å². The van der Waals surface area contributed by atoms with Gasteiger partial charge in [-0.2, -0.15) is 0 Å². The van der Waals surface area contributed by atoms with Crippen molar-refractivity contribution in [2.45, 2.75) is 25.6 Å². The number of carboxylic acids is 1. The molecule has 0 spiro atoms. The Balaban J connectivity index is 1.57. The standard InChI is InChI=1S/C34H31N3O5/c35-32(38)31-27(20-30(33(39)40)37-28(23-42-34(37)41)19-24-11-4-1-5-12-24)17-10-18-29(31)36(21-25-13-6-2-7-14-25)22-26-15-8-3-9-16-26/h1-18,20,28H,19,21-23H2,(H2,35,38)(H,39,40)/t28-/m0/s1. The van der Waals surface area contributed by atoms with E-state index in [1.807, 2.05) is 95.9 Å². The van der Waals surface area contributed by atoms with Crippen molar-refractivity contribution >= 4 is 29.7 Å². The van der Waals surface area contributed by atoms with E-state index in [0.29, 0.717) is 30.8 Å². The van der Waals surface area contributed by atoms with Crippen molar-refractivity contribution in [3.8, 4) is 0 Å². The number of primary amides is 1. The molecule has 1 fully saturated rings. The first-order chi connectivity index (χ1) is 20.4. The highest BCUT2D eigenvalue weighted by atomic mass is 16.6. The van der Waals surface area contributed by atoms with Crippen molar-refractivity contribution in [1.82, 2.24) is 4.90 Å². The smallest absolute Gasteiger partial charge is 0.414 e. The summed E-state index contributed by atoms with van der Waals surface area (Å²) in [5.74, 6) is -2.03. The number of nitrogens with two attached hydrogens (primary N) is 1. The Morgan fingerprint density at radius 1 is 0.833 bits per heavy atom. The number of cyclic esters (lactones) is 1. The second-order valence-electron chi connectivity index (χ2n) is 10.1. The zero-order valence-corrected chi connectivity index (χ0v) is 22.9. The Kier molecular flexibility index (Phi) is 8.63. The lowest BCUT2D eigenvalue weighted by Crippen LogP contribution is -2.37. The molecule has 1 aliphatic heterocycles. The molecule has 8 nitrogen and oxygen atoms in total. The lowest BCUT2D eigenvalue weighted by atomic mass is 10.0. The number of amides is 2. The van der Waals surface area contributed by atoms with Crippen LogP contribution in [0.25, 0.3) is 6.08 Å². The fraction of sp³-hybridized carbons (Fsp3) is 0.147.